The molecule has 1 aromatic carbocycles. The van der Waals surface area contributed by atoms with Gasteiger partial charge in [0.05, 0.1) is 0 Å². The standard InChI is InChI=1S/C16H24F2N2/c1-3-16(4-2)12-20(7-5-6-19-16)11-13-8-14(17)10-15(18)9-13/h8-10,19H,3-7,11-12H2,1-2H3. The Bertz CT molecular complexity index is 424. The molecule has 0 aliphatic carbocycles. The molecule has 0 unspecified atom stereocenters. The zero-order valence-electron chi connectivity index (χ0n) is 12.4. The SMILES string of the molecule is CCC1(CC)CN(Cc2cc(F)cc(F)c2)CCCN1. The smallest absolute Gasteiger partial charge is 0.126 e. The van der Waals surface area contributed by atoms with Gasteiger partial charge in [0.15, 0.2) is 0 Å². The fourth-order valence-corrected chi connectivity index (χ4v) is 3.04. The molecule has 0 amide bonds. The number of nitrogens with zero attached hydrogens (tertiary/aromatic N) is 1. The van der Waals surface area contributed by atoms with Crippen LogP contribution >= 0.6 is 0 Å². The molecule has 0 saturated carbocycles. The van der Waals surface area contributed by atoms with Gasteiger partial charge in [0.25, 0.3) is 0 Å². The highest BCUT2D eigenvalue weighted by atomic mass is 19.1. The van der Waals surface area contributed by atoms with Crippen LogP contribution in [0.3, 0.4) is 0 Å². The lowest BCUT2D eigenvalue weighted by Crippen LogP contribution is -2.50. The third-order valence-corrected chi connectivity index (χ3v) is 4.36. The van der Waals surface area contributed by atoms with Crippen molar-refractivity contribution in [1.82, 2.24) is 10.2 Å². The number of nitrogens with one attached hydrogen (secondary N) is 1. The van der Waals surface area contributed by atoms with Crippen LogP contribution in [-0.2, 0) is 6.54 Å². The molecule has 1 aliphatic heterocycles. The Hall–Kier alpha value is -1.00. The first kappa shape index (κ1) is 15.4. The van der Waals surface area contributed by atoms with Crippen LogP contribution in [0.15, 0.2) is 18.2 Å². The van der Waals surface area contributed by atoms with Gasteiger partial charge < -0.3 is 5.32 Å². The summed E-state index contributed by atoms with van der Waals surface area (Å²) >= 11 is 0. The summed E-state index contributed by atoms with van der Waals surface area (Å²) in [6.45, 7) is 7.91. The van der Waals surface area contributed by atoms with E-state index >= 15 is 0 Å². The van der Waals surface area contributed by atoms with Gasteiger partial charge in [-0.15, -0.1) is 0 Å². The van der Waals surface area contributed by atoms with Gasteiger partial charge in [0.2, 0.25) is 0 Å². The molecular weight excluding hydrogens is 258 g/mol. The van der Waals surface area contributed by atoms with E-state index in [1.807, 2.05) is 0 Å². The van der Waals surface area contributed by atoms with Gasteiger partial charge in [0, 0.05) is 24.7 Å². The predicted octanol–water partition coefficient (Wildman–Crippen LogP) is 3.32. The van der Waals surface area contributed by atoms with Gasteiger partial charge in [-0.3, -0.25) is 4.90 Å². The summed E-state index contributed by atoms with van der Waals surface area (Å²) in [5.74, 6) is -0.990. The minimum absolute atomic E-state index is 0.127. The predicted molar refractivity (Wildman–Crippen MR) is 77.6 cm³/mol. The normalized spacial score (nSPS) is 19.8. The number of halogens is 2. The molecule has 2 rings (SSSR count). The first-order valence-electron chi connectivity index (χ1n) is 7.49. The molecule has 0 radical (unpaired) electrons. The number of hydrogen-bond donors (Lipinski definition) is 1. The third-order valence-electron chi connectivity index (χ3n) is 4.36. The minimum Gasteiger partial charge on any atom is -0.310 e. The van der Waals surface area contributed by atoms with Crippen molar-refractivity contribution in [1.29, 1.82) is 0 Å². The molecule has 1 fully saturated rings. The summed E-state index contributed by atoms with van der Waals surface area (Å²) in [6.07, 6.45) is 3.20. The maximum absolute atomic E-state index is 13.3. The molecule has 0 atom stereocenters. The van der Waals surface area contributed by atoms with Gasteiger partial charge in [0.1, 0.15) is 11.6 Å². The van der Waals surface area contributed by atoms with E-state index in [1.54, 1.807) is 0 Å². The highest BCUT2D eigenvalue weighted by molar-refractivity contribution is 5.18. The Labute approximate surface area is 120 Å². The second-order valence-corrected chi connectivity index (χ2v) is 5.76. The molecule has 1 aromatic rings. The summed E-state index contributed by atoms with van der Waals surface area (Å²) in [4.78, 5) is 2.31. The van der Waals surface area contributed by atoms with Crippen LogP contribution in [0.1, 0.15) is 38.7 Å². The van der Waals surface area contributed by atoms with E-state index in [2.05, 4.69) is 24.1 Å². The van der Waals surface area contributed by atoms with Crippen LogP contribution in [0, 0.1) is 11.6 Å². The Morgan fingerprint density at radius 2 is 1.80 bits per heavy atom. The zero-order chi connectivity index (χ0) is 14.6. The van der Waals surface area contributed by atoms with Crippen molar-refractivity contribution in [3.8, 4) is 0 Å². The molecule has 1 heterocycles. The number of hydrogen-bond acceptors (Lipinski definition) is 2. The summed E-state index contributed by atoms with van der Waals surface area (Å²) in [7, 11) is 0. The zero-order valence-corrected chi connectivity index (χ0v) is 12.4. The van der Waals surface area contributed by atoms with Gasteiger partial charge >= 0.3 is 0 Å². The fourth-order valence-electron chi connectivity index (χ4n) is 3.04. The van der Waals surface area contributed by atoms with Crippen molar-refractivity contribution >= 4 is 0 Å². The van der Waals surface area contributed by atoms with Crippen LogP contribution in [0.4, 0.5) is 8.78 Å². The minimum atomic E-state index is -0.495. The first-order valence-corrected chi connectivity index (χ1v) is 7.49. The van der Waals surface area contributed by atoms with Crippen LogP contribution in [0.5, 0.6) is 0 Å². The van der Waals surface area contributed by atoms with Crippen molar-refractivity contribution < 1.29 is 8.78 Å². The molecule has 0 spiro atoms. The average Bonchev–Trinajstić information content (AvgIpc) is 2.60. The van der Waals surface area contributed by atoms with Crippen molar-refractivity contribution in [2.24, 2.45) is 0 Å². The molecular formula is C16H24F2N2. The maximum Gasteiger partial charge on any atom is 0.126 e. The summed E-state index contributed by atoms with van der Waals surface area (Å²) < 4.78 is 26.6. The van der Waals surface area contributed by atoms with E-state index in [0.717, 1.165) is 45.0 Å². The Kier molecular flexibility index (Phi) is 5.11. The van der Waals surface area contributed by atoms with E-state index < -0.39 is 11.6 Å². The molecule has 4 heteroatoms. The highest BCUT2D eigenvalue weighted by Crippen LogP contribution is 2.21. The summed E-state index contributed by atoms with van der Waals surface area (Å²) in [5, 5.41) is 3.64. The van der Waals surface area contributed by atoms with Crippen molar-refractivity contribution in [3.05, 3.63) is 35.4 Å². The average molecular weight is 282 g/mol. The molecule has 1 N–H and O–H groups in total. The first-order chi connectivity index (χ1) is 9.57. The van der Waals surface area contributed by atoms with Crippen molar-refractivity contribution in [2.75, 3.05) is 19.6 Å². The lowest BCUT2D eigenvalue weighted by Gasteiger charge is -2.35. The lowest BCUT2D eigenvalue weighted by atomic mass is 9.92. The van der Waals surface area contributed by atoms with E-state index in [4.69, 9.17) is 0 Å². The van der Waals surface area contributed by atoms with Crippen LogP contribution in [0.25, 0.3) is 0 Å². The fraction of sp³-hybridized carbons (Fsp3) is 0.625. The van der Waals surface area contributed by atoms with E-state index in [-0.39, 0.29) is 5.54 Å². The van der Waals surface area contributed by atoms with Crippen LogP contribution < -0.4 is 5.32 Å². The summed E-state index contributed by atoms with van der Waals surface area (Å²) in [6, 6.07) is 3.79. The van der Waals surface area contributed by atoms with E-state index in [0.29, 0.717) is 12.1 Å². The highest BCUT2D eigenvalue weighted by Gasteiger charge is 2.30. The number of rotatable bonds is 4. The Morgan fingerprint density at radius 1 is 1.15 bits per heavy atom. The van der Waals surface area contributed by atoms with Gasteiger partial charge in [-0.1, -0.05) is 13.8 Å². The Balaban J connectivity index is 2.10. The molecule has 1 saturated heterocycles. The van der Waals surface area contributed by atoms with E-state index in [1.165, 1.54) is 12.1 Å². The maximum atomic E-state index is 13.3. The monoisotopic (exact) mass is 282 g/mol. The second kappa shape index (κ2) is 6.64. The largest absolute Gasteiger partial charge is 0.310 e. The van der Waals surface area contributed by atoms with Crippen molar-refractivity contribution in [2.45, 2.75) is 45.2 Å². The molecule has 1 aliphatic rings. The van der Waals surface area contributed by atoms with Crippen LogP contribution in [0.2, 0.25) is 0 Å². The summed E-state index contributed by atoms with van der Waals surface area (Å²) in [5.41, 5.74) is 0.841. The van der Waals surface area contributed by atoms with Crippen LogP contribution in [-0.4, -0.2) is 30.1 Å². The molecule has 0 aromatic heterocycles. The number of benzene rings is 1. The third kappa shape index (κ3) is 3.76. The second-order valence-electron chi connectivity index (χ2n) is 5.76. The Morgan fingerprint density at radius 3 is 2.40 bits per heavy atom. The lowest BCUT2D eigenvalue weighted by molar-refractivity contribution is 0.191. The topological polar surface area (TPSA) is 15.3 Å². The van der Waals surface area contributed by atoms with Gasteiger partial charge in [-0.05, 0) is 50.0 Å². The van der Waals surface area contributed by atoms with Gasteiger partial charge in [-0.25, -0.2) is 8.78 Å². The molecule has 112 valence electrons. The van der Waals surface area contributed by atoms with E-state index in [9.17, 15) is 8.78 Å². The van der Waals surface area contributed by atoms with Crippen molar-refractivity contribution in [3.63, 3.8) is 0 Å². The van der Waals surface area contributed by atoms with Gasteiger partial charge in [-0.2, -0.15) is 0 Å². The molecule has 0 bridgehead atoms. The molecule has 2 nitrogen and oxygen atoms in total. The quantitative estimate of drug-likeness (QED) is 0.911. The molecule has 20 heavy (non-hydrogen) atoms.